The fourth-order valence-electron chi connectivity index (χ4n) is 0.998. The van der Waals surface area contributed by atoms with E-state index in [-0.39, 0.29) is 5.82 Å². The largest absolute Gasteiger partial charge is 0.375 e. The van der Waals surface area contributed by atoms with Crippen LogP contribution >= 0.6 is 27.7 Å². The number of halogens is 2. The van der Waals surface area contributed by atoms with Gasteiger partial charge in [0.1, 0.15) is 0 Å². The summed E-state index contributed by atoms with van der Waals surface area (Å²) in [6.07, 6.45) is 0. The maximum atomic E-state index is 13.2. The minimum Gasteiger partial charge on any atom is -0.375 e. The van der Waals surface area contributed by atoms with Crippen LogP contribution in [-0.2, 0) is 0 Å². The number of benzene rings is 1. The van der Waals surface area contributed by atoms with Crippen LogP contribution in [0.5, 0.6) is 0 Å². The second-order valence-electron chi connectivity index (χ2n) is 2.20. The number of hydrogen-bond donors (Lipinski definition) is 1. The molecule has 0 saturated carbocycles. The number of hydrogen-bond acceptors (Lipinski definition) is 2. The minimum absolute atomic E-state index is 0.155. The lowest BCUT2D eigenvalue weighted by molar-refractivity contribution is 0.597. The molecule has 11 heavy (non-hydrogen) atoms. The third-order valence-electron chi connectivity index (χ3n) is 1.53. The number of thioether (sulfide) groups is 1. The lowest BCUT2D eigenvalue weighted by Crippen LogP contribution is -1.88. The Hall–Kier alpha value is -0.220. The van der Waals surface area contributed by atoms with Crippen LogP contribution in [0, 0.1) is 5.82 Å². The summed E-state index contributed by atoms with van der Waals surface area (Å²) in [5.41, 5.74) is 0.899. The molecule has 1 heterocycles. The molecule has 0 aromatic heterocycles. The number of rotatable bonds is 0. The molecular formula is C7H5BrFNS. The van der Waals surface area contributed by atoms with Gasteiger partial charge in [0.25, 0.3) is 0 Å². The van der Waals surface area contributed by atoms with Crippen molar-refractivity contribution in [3.8, 4) is 0 Å². The van der Waals surface area contributed by atoms with E-state index in [0.29, 0.717) is 4.47 Å². The van der Waals surface area contributed by atoms with Gasteiger partial charge in [0.2, 0.25) is 0 Å². The summed E-state index contributed by atoms with van der Waals surface area (Å²) in [5.74, 6) is 0.611. The van der Waals surface area contributed by atoms with Crippen molar-refractivity contribution in [2.45, 2.75) is 4.90 Å². The summed E-state index contributed by atoms with van der Waals surface area (Å²) in [6, 6.07) is 3.59. The van der Waals surface area contributed by atoms with Gasteiger partial charge in [-0.3, -0.25) is 0 Å². The van der Waals surface area contributed by atoms with E-state index >= 15 is 0 Å². The van der Waals surface area contributed by atoms with Gasteiger partial charge in [0, 0.05) is 0 Å². The molecule has 1 aliphatic heterocycles. The van der Waals surface area contributed by atoms with Gasteiger partial charge in [-0.25, -0.2) is 4.39 Å². The second-order valence-corrected chi connectivity index (χ2v) is 4.04. The molecule has 1 aromatic rings. The van der Waals surface area contributed by atoms with Gasteiger partial charge < -0.3 is 5.32 Å². The Morgan fingerprint density at radius 2 is 2.36 bits per heavy atom. The van der Waals surface area contributed by atoms with Gasteiger partial charge in [0.15, 0.2) is 5.82 Å². The highest BCUT2D eigenvalue weighted by Crippen LogP contribution is 2.38. The van der Waals surface area contributed by atoms with Crippen molar-refractivity contribution in [2.75, 3.05) is 11.2 Å². The summed E-state index contributed by atoms with van der Waals surface area (Å²) < 4.78 is 13.7. The van der Waals surface area contributed by atoms with Crippen molar-refractivity contribution in [1.82, 2.24) is 0 Å². The highest BCUT2D eigenvalue weighted by atomic mass is 79.9. The zero-order valence-electron chi connectivity index (χ0n) is 5.53. The van der Waals surface area contributed by atoms with E-state index in [1.165, 1.54) is 11.8 Å². The molecule has 1 aromatic carbocycles. The fourth-order valence-corrected chi connectivity index (χ4v) is 2.36. The molecule has 0 radical (unpaired) electrons. The van der Waals surface area contributed by atoms with Crippen LogP contribution in [0.25, 0.3) is 0 Å². The fraction of sp³-hybridized carbons (Fsp3) is 0.143. The van der Waals surface area contributed by atoms with Crippen LogP contribution in [0.15, 0.2) is 21.5 Å². The standard InChI is InChI=1S/C7H5BrFNS/c8-4-1-2-5-7(6(4)9)11-3-10-5/h1-2,10H,3H2. The lowest BCUT2D eigenvalue weighted by atomic mass is 10.3. The average Bonchev–Trinajstić information content (AvgIpc) is 2.45. The molecule has 0 bridgehead atoms. The molecule has 4 heteroatoms. The average molecular weight is 234 g/mol. The van der Waals surface area contributed by atoms with Gasteiger partial charge in [-0.15, -0.1) is 0 Å². The first-order chi connectivity index (χ1) is 5.29. The lowest BCUT2D eigenvalue weighted by Gasteiger charge is -1.99. The van der Waals surface area contributed by atoms with E-state index in [0.717, 1.165) is 16.5 Å². The zero-order valence-corrected chi connectivity index (χ0v) is 7.93. The Morgan fingerprint density at radius 3 is 3.18 bits per heavy atom. The first-order valence-corrected chi connectivity index (χ1v) is 4.91. The summed E-state index contributed by atoms with van der Waals surface area (Å²) in [6.45, 7) is 0. The van der Waals surface area contributed by atoms with Gasteiger partial charge in [-0.2, -0.15) is 0 Å². The van der Waals surface area contributed by atoms with E-state index in [1.807, 2.05) is 6.07 Å². The SMILES string of the molecule is Fc1c(Br)ccc2c1SCN2. The Bertz CT molecular complexity index is 303. The number of fused-ring (bicyclic) bond motifs is 1. The molecule has 0 unspecified atom stereocenters. The molecule has 0 fully saturated rings. The molecule has 1 nitrogen and oxygen atoms in total. The monoisotopic (exact) mass is 233 g/mol. The van der Waals surface area contributed by atoms with Crippen LogP contribution in [0.2, 0.25) is 0 Å². The van der Waals surface area contributed by atoms with E-state index in [9.17, 15) is 4.39 Å². The molecule has 0 aliphatic carbocycles. The van der Waals surface area contributed by atoms with E-state index in [4.69, 9.17) is 0 Å². The third-order valence-corrected chi connectivity index (χ3v) is 3.12. The van der Waals surface area contributed by atoms with Gasteiger partial charge in [0.05, 0.1) is 20.9 Å². The smallest absolute Gasteiger partial charge is 0.153 e. The number of anilines is 1. The van der Waals surface area contributed by atoms with Crippen LogP contribution in [0.1, 0.15) is 0 Å². The van der Waals surface area contributed by atoms with Crippen LogP contribution < -0.4 is 5.32 Å². The molecule has 0 saturated heterocycles. The highest BCUT2D eigenvalue weighted by molar-refractivity contribution is 9.10. The molecule has 2 rings (SSSR count). The van der Waals surface area contributed by atoms with Crippen LogP contribution in [0.3, 0.4) is 0 Å². The zero-order chi connectivity index (χ0) is 7.84. The topological polar surface area (TPSA) is 12.0 Å². The van der Waals surface area contributed by atoms with Crippen molar-refractivity contribution < 1.29 is 4.39 Å². The Morgan fingerprint density at radius 1 is 1.55 bits per heavy atom. The summed E-state index contributed by atoms with van der Waals surface area (Å²) in [5, 5.41) is 3.07. The van der Waals surface area contributed by atoms with Crippen molar-refractivity contribution in [1.29, 1.82) is 0 Å². The molecular weight excluding hydrogens is 229 g/mol. The Labute approximate surface area is 76.5 Å². The molecule has 0 atom stereocenters. The molecule has 0 amide bonds. The number of nitrogens with one attached hydrogen (secondary N) is 1. The van der Waals surface area contributed by atoms with Crippen molar-refractivity contribution in [3.63, 3.8) is 0 Å². The van der Waals surface area contributed by atoms with Gasteiger partial charge in [-0.1, -0.05) is 11.8 Å². The third kappa shape index (κ3) is 1.14. The minimum atomic E-state index is -0.155. The van der Waals surface area contributed by atoms with E-state index in [1.54, 1.807) is 6.07 Å². The highest BCUT2D eigenvalue weighted by Gasteiger charge is 2.16. The Balaban J connectivity index is 2.62. The maximum Gasteiger partial charge on any atom is 0.153 e. The normalized spacial score (nSPS) is 14.4. The summed E-state index contributed by atoms with van der Waals surface area (Å²) >= 11 is 4.63. The molecule has 0 spiro atoms. The first kappa shape index (κ1) is 7.43. The van der Waals surface area contributed by atoms with Gasteiger partial charge >= 0.3 is 0 Å². The predicted octanol–water partition coefficient (Wildman–Crippen LogP) is 3.06. The first-order valence-electron chi connectivity index (χ1n) is 3.14. The molecule has 58 valence electrons. The van der Waals surface area contributed by atoms with E-state index in [2.05, 4.69) is 21.2 Å². The van der Waals surface area contributed by atoms with Gasteiger partial charge in [-0.05, 0) is 28.1 Å². The molecule has 1 aliphatic rings. The van der Waals surface area contributed by atoms with E-state index < -0.39 is 0 Å². The van der Waals surface area contributed by atoms with Crippen molar-refractivity contribution >= 4 is 33.4 Å². The summed E-state index contributed by atoms with van der Waals surface area (Å²) in [7, 11) is 0. The van der Waals surface area contributed by atoms with Crippen molar-refractivity contribution in [3.05, 3.63) is 22.4 Å². The maximum absolute atomic E-state index is 13.2. The second kappa shape index (κ2) is 2.68. The quantitative estimate of drug-likeness (QED) is 0.740. The summed E-state index contributed by atoms with van der Waals surface area (Å²) in [4.78, 5) is 0.722. The van der Waals surface area contributed by atoms with Crippen molar-refractivity contribution in [2.24, 2.45) is 0 Å². The molecule has 1 N–H and O–H groups in total. The Kier molecular flexibility index (Phi) is 1.81. The van der Waals surface area contributed by atoms with Crippen LogP contribution in [-0.4, -0.2) is 5.88 Å². The van der Waals surface area contributed by atoms with Crippen LogP contribution in [0.4, 0.5) is 10.1 Å². The predicted molar refractivity (Wildman–Crippen MR) is 48.4 cm³/mol.